The van der Waals surface area contributed by atoms with Crippen LogP contribution in [0.2, 0.25) is 0 Å². The molecule has 1 aromatic heterocycles. The zero-order chi connectivity index (χ0) is 13.1. The Balaban J connectivity index is 1.60. The average molecular weight is 259 g/mol. The molecule has 2 heterocycles. The summed E-state index contributed by atoms with van der Waals surface area (Å²) in [7, 11) is 0. The summed E-state index contributed by atoms with van der Waals surface area (Å²) in [4.78, 5) is 2.51. The highest BCUT2D eigenvalue weighted by molar-refractivity contribution is 5.91. The normalized spacial score (nSPS) is 16.8. The van der Waals surface area contributed by atoms with Gasteiger partial charge in [-0.05, 0) is 44.1 Å². The van der Waals surface area contributed by atoms with Crippen molar-refractivity contribution in [1.29, 1.82) is 0 Å². The summed E-state index contributed by atoms with van der Waals surface area (Å²) in [5, 5.41) is 11.8. The van der Waals surface area contributed by atoms with Crippen molar-refractivity contribution in [2.75, 3.05) is 37.2 Å². The lowest BCUT2D eigenvalue weighted by atomic mass is 10.1. The van der Waals surface area contributed by atoms with Gasteiger partial charge >= 0.3 is 0 Å². The summed E-state index contributed by atoms with van der Waals surface area (Å²) in [6.07, 6.45) is 4.05. The second-order valence-corrected chi connectivity index (χ2v) is 5.21. The Morgan fingerprint density at radius 2 is 2.11 bits per heavy atom. The zero-order valence-corrected chi connectivity index (χ0v) is 11.2. The highest BCUT2D eigenvalue weighted by Gasteiger charge is 2.10. The minimum atomic E-state index is 0.771. The van der Waals surface area contributed by atoms with Crippen LogP contribution in [0.5, 0.6) is 0 Å². The van der Waals surface area contributed by atoms with Gasteiger partial charge in [0.15, 0.2) is 5.82 Å². The van der Waals surface area contributed by atoms with Gasteiger partial charge in [0.05, 0.1) is 5.52 Å². The molecule has 1 aliphatic rings. The molecule has 0 atom stereocenters. The Bertz CT molecular complexity index is 542. The number of piperidine rings is 1. The summed E-state index contributed by atoms with van der Waals surface area (Å²) in [5.74, 6) is 0.902. The second-order valence-electron chi connectivity index (χ2n) is 5.21. The minimum Gasteiger partial charge on any atom is -0.399 e. The van der Waals surface area contributed by atoms with Gasteiger partial charge in [-0.2, -0.15) is 5.10 Å². The van der Waals surface area contributed by atoms with E-state index in [1.807, 2.05) is 18.2 Å². The number of nitrogens with one attached hydrogen (secondary N) is 2. The Labute approximate surface area is 113 Å². The molecule has 3 rings (SSSR count). The van der Waals surface area contributed by atoms with Gasteiger partial charge in [0.2, 0.25) is 0 Å². The molecule has 2 aromatic rings. The summed E-state index contributed by atoms with van der Waals surface area (Å²) in [6, 6.07) is 5.81. The van der Waals surface area contributed by atoms with E-state index in [9.17, 15) is 0 Å². The number of hydrogen-bond acceptors (Lipinski definition) is 4. The maximum Gasteiger partial charge on any atom is 0.155 e. The number of nitrogens with two attached hydrogens (primary N) is 1. The van der Waals surface area contributed by atoms with Crippen LogP contribution in [-0.4, -0.2) is 41.3 Å². The molecule has 1 aromatic carbocycles. The van der Waals surface area contributed by atoms with Crippen LogP contribution in [0.15, 0.2) is 18.2 Å². The van der Waals surface area contributed by atoms with E-state index in [4.69, 9.17) is 5.73 Å². The molecule has 0 spiro atoms. The number of benzene rings is 1. The predicted molar refractivity (Wildman–Crippen MR) is 79.3 cm³/mol. The standard InChI is InChI=1S/C14H21N5/c15-11-4-5-13-12(10-11)14(18-17-13)16-6-9-19-7-2-1-3-8-19/h4-5,10H,1-3,6-9,15H2,(H2,16,17,18). The minimum absolute atomic E-state index is 0.771. The molecule has 5 heteroatoms. The maximum atomic E-state index is 5.82. The second kappa shape index (κ2) is 5.48. The number of rotatable bonds is 4. The van der Waals surface area contributed by atoms with Gasteiger partial charge in [-0.15, -0.1) is 0 Å². The van der Waals surface area contributed by atoms with Gasteiger partial charge in [0.1, 0.15) is 0 Å². The summed E-state index contributed by atoms with van der Waals surface area (Å²) < 4.78 is 0. The summed E-state index contributed by atoms with van der Waals surface area (Å²) in [5.41, 5.74) is 7.61. The van der Waals surface area contributed by atoms with Gasteiger partial charge in [-0.1, -0.05) is 6.42 Å². The highest BCUT2D eigenvalue weighted by Crippen LogP contribution is 2.22. The number of nitrogens with zero attached hydrogens (tertiary/aromatic N) is 2. The Kier molecular flexibility index (Phi) is 3.55. The van der Waals surface area contributed by atoms with Crippen LogP contribution in [0.25, 0.3) is 10.9 Å². The molecule has 0 bridgehead atoms. The number of aromatic nitrogens is 2. The van der Waals surface area contributed by atoms with E-state index in [-0.39, 0.29) is 0 Å². The van der Waals surface area contributed by atoms with Crippen molar-refractivity contribution in [3.05, 3.63) is 18.2 Å². The molecule has 0 aliphatic carbocycles. The number of fused-ring (bicyclic) bond motifs is 1. The lowest BCUT2D eigenvalue weighted by Gasteiger charge is -2.26. The number of nitrogen functional groups attached to an aromatic ring is 1. The summed E-state index contributed by atoms with van der Waals surface area (Å²) >= 11 is 0. The molecule has 4 N–H and O–H groups in total. The molecular formula is C14H21N5. The van der Waals surface area contributed by atoms with E-state index in [0.717, 1.165) is 35.5 Å². The molecule has 1 aliphatic heterocycles. The van der Waals surface area contributed by atoms with Gasteiger partial charge in [0.25, 0.3) is 0 Å². The van der Waals surface area contributed by atoms with Crippen LogP contribution in [0.1, 0.15) is 19.3 Å². The first-order valence-corrected chi connectivity index (χ1v) is 7.03. The first-order chi connectivity index (χ1) is 9.33. The van der Waals surface area contributed by atoms with E-state index in [2.05, 4.69) is 20.4 Å². The Morgan fingerprint density at radius 1 is 1.26 bits per heavy atom. The predicted octanol–water partition coefficient (Wildman–Crippen LogP) is 2.04. The molecule has 19 heavy (non-hydrogen) atoms. The zero-order valence-electron chi connectivity index (χ0n) is 11.2. The number of likely N-dealkylation sites (tertiary alicyclic amines) is 1. The van der Waals surface area contributed by atoms with E-state index in [1.165, 1.54) is 32.4 Å². The van der Waals surface area contributed by atoms with Crippen molar-refractivity contribution in [2.24, 2.45) is 0 Å². The molecule has 5 nitrogen and oxygen atoms in total. The molecule has 0 unspecified atom stereocenters. The lowest BCUT2D eigenvalue weighted by molar-refractivity contribution is 0.237. The Morgan fingerprint density at radius 3 is 2.95 bits per heavy atom. The first kappa shape index (κ1) is 12.3. The van der Waals surface area contributed by atoms with Gasteiger partial charge in [-0.25, -0.2) is 0 Å². The third kappa shape index (κ3) is 2.81. The van der Waals surface area contributed by atoms with Gasteiger partial charge in [-0.3, -0.25) is 5.10 Å². The van der Waals surface area contributed by atoms with Gasteiger partial charge < -0.3 is 16.0 Å². The molecular weight excluding hydrogens is 238 g/mol. The fourth-order valence-electron chi connectivity index (χ4n) is 2.68. The molecule has 0 radical (unpaired) electrons. The van der Waals surface area contributed by atoms with Crippen molar-refractivity contribution in [1.82, 2.24) is 15.1 Å². The Hall–Kier alpha value is -1.75. The van der Waals surface area contributed by atoms with Gasteiger partial charge in [0, 0.05) is 24.2 Å². The topological polar surface area (TPSA) is 70.0 Å². The summed E-state index contributed by atoms with van der Waals surface area (Å²) in [6.45, 7) is 4.47. The number of anilines is 2. The van der Waals surface area contributed by atoms with Crippen molar-refractivity contribution >= 4 is 22.4 Å². The molecule has 0 saturated carbocycles. The molecule has 0 amide bonds. The quantitative estimate of drug-likeness (QED) is 0.735. The van der Waals surface area contributed by atoms with Crippen molar-refractivity contribution in [3.63, 3.8) is 0 Å². The van der Waals surface area contributed by atoms with Crippen molar-refractivity contribution in [3.8, 4) is 0 Å². The smallest absolute Gasteiger partial charge is 0.155 e. The molecule has 1 saturated heterocycles. The van der Waals surface area contributed by atoms with Crippen LogP contribution in [0.3, 0.4) is 0 Å². The fraction of sp³-hybridized carbons (Fsp3) is 0.500. The molecule has 102 valence electrons. The number of aromatic amines is 1. The van der Waals surface area contributed by atoms with Crippen molar-refractivity contribution in [2.45, 2.75) is 19.3 Å². The van der Waals surface area contributed by atoms with Crippen LogP contribution >= 0.6 is 0 Å². The highest BCUT2D eigenvalue weighted by atomic mass is 15.2. The maximum absolute atomic E-state index is 5.82. The lowest BCUT2D eigenvalue weighted by Crippen LogP contribution is -2.33. The molecule has 1 fully saturated rings. The number of hydrogen-bond donors (Lipinski definition) is 3. The van der Waals surface area contributed by atoms with Crippen LogP contribution in [0.4, 0.5) is 11.5 Å². The SMILES string of the molecule is Nc1ccc2[nH]nc(NCCN3CCCCC3)c2c1. The van der Waals surface area contributed by atoms with E-state index < -0.39 is 0 Å². The fourth-order valence-corrected chi connectivity index (χ4v) is 2.68. The van der Waals surface area contributed by atoms with E-state index >= 15 is 0 Å². The monoisotopic (exact) mass is 259 g/mol. The average Bonchev–Trinajstić information content (AvgIpc) is 2.83. The first-order valence-electron chi connectivity index (χ1n) is 7.03. The van der Waals surface area contributed by atoms with Crippen LogP contribution in [0, 0.1) is 0 Å². The van der Waals surface area contributed by atoms with Crippen LogP contribution in [-0.2, 0) is 0 Å². The number of H-pyrrole nitrogens is 1. The van der Waals surface area contributed by atoms with E-state index in [0.29, 0.717) is 0 Å². The van der Waals surface area contributed by atoms with Crippen LogP contribution < -0.4 is 11.1 Å². The van der Waals surface area contributed by atoms with Crippen molar-refractivity contribution < 1.29 is 0 Å². The largest absolute Gasteiger partial charge is 0.399 e. The third-order valence-electron chi connectivity index (χ3n) is 3.76. The van der Waals surface area contributed by atoms with E-state index in [1.54, 1.807) is 0 Å². The third-order valence-corrected chi connectivity index (χ3v) is 3.76.